The minimum absolute atomic E-state index is 0.613. The number of imidazole rings is 1. The van der Waals surface area contributed by atoms with E-state index in [4.69, 9.17) is 16.6 Å². The Kier molecular flexibility index (Phi) is 3.62. The van der Waals surface area contributed by atoms with E-state index in [9.17, 15) is 0 Å². The van der Waals surface area contributed by atoms with E-state index in [1.54, 1.807) is 0 Å². The third-order valence-electron chi connectivity index (χ3n) is 3.73. The lowest BCUT2D eigenvalue weighted by Gasteiger charge is -2.16. The highest BCUT2D eigenvalue weighted by molar-refractivity contribution is 9.10. The molecule has 0 bridgehead atoms. The first kappa shape index (κ1) is 12.5. The van der Waals surface area contributed by atoms with Crippen molar-refractivity contribution in [2.45, 2.75) is 38.1 Å². The van der Waals surface area contributed by atoms with Crippen molar-refractivity contribution in [3.05, 3.63) is 28.5 Å². The molecule has 0 amide bonds. The van der Waals surface area contributed by atoms with E-state index in [-0.39, 0.29) is 0 Å². The molecule has 1 fully saturated rings. The Hall–Kier alpha value is -0.540. The van der Waals surface area contributed by atoms with Crippen molar-refractivity contribution in [3.8, 4) is 0 Å². The number of rotatable bonds is 3. The van der Waals surface area contributed by atoms with Crippen LogP contribution in [0.25, 0.3) is 11.0 Å². The SMILES string of the molecule is ClCCc1nc2ccc(Br)cc2n1C1CCCC1. The van der Waals surface area contributed by atoms with Gasteiger partial charge in [0.25, 0.3) is 0 Å². The first-order chi connectivity index (χ1) is 8.79. The summed E-state index contributed by atoms with van der Waals surface area (Å²) in [5.74, 6) is 1.78. The molecule has 2 aromatic rings. The van der Waals surface area contributed by atoms with Crippen molar-refractivity contribution in [1.82, 2.24) is 9.55 Å². The smallest absolute Gasteiger partial charge is 0.111 e. The third kappa shape index (κ3) is 2.19. The maximum Gasteiger partial charge on any atom is 0.111 e. The van der Waals surface area contributed by atoms with Crippen molar-refractivity contribution in [1.29, 1.82) is 0 Å². The molecule has 0 N–H and O–H groups in total. The molecule has 0 saturated heterocycles. The standard InChI is InChI=1S/C14H16BrClN2/c15-10-5-6-12-13(9-10)18(11-3-1-2-4-11)14(17-12)7-8-16/h5-6,9,11H,1-4,7-8H2. The Morgan fingerprint density at radius 2 is 2.11 bits per heavy atom. The van der Waals surface area contributed by atoms with E-state index in [0.717, 1.165) is 22.2 Å². The summed E-state index contributed by atoms with van der Waals surface area (Å²) in [5, 5.41) is 0. The summed E-state index contributed by atoms with van der Waals surface area (Å²) in [5.41, 5.74) is 2.33. The minimum Gasteiger partial charge on any atom is -0.325 e. The molecular formula is C14H16BrClN2. The fourth-order valence-corrected chi connectivity index (χ4v) is 3.46. The molecule has 1 saturated carbocycles. The van der Waals surface area contributed by atoms with Gasteiger partial charge in [-0.05, 0) is 31.0 Å². The van der Waals surface area contributed by atoms with Gasteiger partial charge >= 0.3 is 0 Å². The second kappa shape index (κ2) is 5.22. The highest BCUT2D eigenvalue weighted by atomic mass is 79.9. The van der Waals surface area contributed by atoms with Crippen molar-refractivity contribution >= 4 is 38.6 Å². The van der Waals surface area contributed by atoms with Gasteiger partial charge < -0.3 is 4.57 Å². The second-order valence-electron chi connectivity index (χ2n) is 4.91. The number of benzene rings is 1. The second-order valence-corrected chi connectivity index (χ2v) is 6.20. The van der Waals surface area contributed by atoms with Crippen molar-refractivity contribution in [2.75, 3.05) is 5.88 Å². The molecule has 1 heterocycles. The fourth-order valence-electron chi connectivity index (χ4n) is 2.95. The maximum absolute atomic E-state index is 5.91. The van der Waals surface area contributed by atoms with E-state index in [2.05, 4.69) is 38.7 Å². The van der Waals surface area contributed by atoms with Gasteiger partial charge in [0.1, 0.15) is 5.82 Å². The van der Waals surface area contributed by atoms with E-state index >= 15 is 0 Å². The van der Waals surface area contributed by atoms with Crippen molar-refractivity contribution in [2.24, 2.45) is 0 Å². The number of aromatic nitrogens is 2. The van der Waals surface area contributed by atoms with Crippen molar-refractivity contribution < 1.29 is 0 Å². The average Bonchev–Trinajstić information content (AvgIpc) is 2.95. The maximum atomic E-state index is 5.91. The Bertz CT molecular complexity index is 558. The van der Waals surface area contributed by atoms with Crippen LogP contribution in [0.5, 0.6) is 0 Å². The summed E-state index contributed by atoms with van der Waals surface area (Å²) in [4.78, 5) is 4.75. The molecule has 0 unspecified atom stereocenters. The monoisotopic (exact) mass is 326 g/mol. The normalized spacial score (nSPS) is 16.8. The van der Waals surface area contributed by atoms with Gasteiger partial charge in [-0.15, -0.1) is 11.6 Å². The van der Waals surface area contributed by atoms with Crippen LogP contribution in [0.15, 0.2) is 22.7 Å². The summed E-state index contributed by atoms with van der Waals surface area (Å²) in [7, 11) is 0. The van der Waals surface area contributed by atoms with Gasteiger partial charge in [-0.2, -0.15) is 0 Å². The number of fused-ring (bicyclic) bond motifs is 1. The molecule has 1 aliphatic carbocycles. The highest BCUT2D eigenvalue weighted by Crippen LogP contribution is 2.34. The molecular weight excluding hydrogens is 312 g/mol. The number of alkyl halides is 1. The van der Waals surface area contributed by atoms with Gasteiger partial charge in [0.15, 0.2) is 0 Å². The molecule has 1 aromatic carbocycles. The lowest BCUT2D eigenvalue weighted by molar-refractivity contribution is 0.513. The van der Waals surface area contributed by atoms with Crippen LogP contribution in [-0.2, 0) is 6.42 Å². The first-order valence-electron chi connectivity index (χ1n) is 6.52. The summed E-state index contributed by atoms with van der Waals surface area (Å²) < 4.78 is 3.54. The molecule has 96 valence electrons. The Balaban J connectivity index is 2.16. The molecule has 4 heteroatoms. The topological polar surface area (TPSA) is 17.8 Å². The molecule has 3 rings (SSSR count). The van der Waals surface area contributed by atoms with Crippen LogP contribution in [0.1, 0.15) is 37.5 Å². The zero-order valence-electron chi connectivity index (χ0n) is 10.2. The minimum atomic E-state index is 0.613. The number of halogens is 2. The molecule has 1 aliphatic rings. The first-order valence-corrected chi connectivity index (χ1v) is 7.84. The predicted molar refractivity (Wildman–Crippen MR) is 79.4 cm³/mol. The van der Waals surface area contributed by atoms with Gasteiger partial charge in [0.05, 0.1) is 11.0 Å². The van der Waals surface area contributed by atoms with Gasteiger partial charge in [0.2, 0.25) is 0 Å². The third-order valence-corrected chi connectivity index (χ3v) is 4.41. The zero-order chi connectivity index (χ0) is 12.5. The van der Waals surface area contributed by atoms with E-state index in [0.29, 0.717) is 11.9 Å². The summed E-state index contributed by atoms with van der Waals surface area (Å²) >= 11 is 9.47. The summed E-state index contributed by atoms with van der Waals surface area (Å²) in [6.45, 7) is 0. The molecule has 0 aliphatic heterocycles. The van der Waals surface area contributed by atoms with Crippen LogP contribution in [0, 0.1) is 0 Å². The fraction of sp³-hybridized carbons (Fsp3) is 0.500. The van der Waals surface area contributed by atoms with Gasteiger partial charge in [-0.3, -0.25) is 0 Å². The van der Waals surface area contributed by atoms with Gasteiger partial charge in [0, 0.05) is 22.8 Å². The van der Waals surface area contributed by atoms with E-state index in [1.165, 1.54) is 31.2 Å². The Morgan fingerprint density at radius 1 is 1.33 bits per heavy atom. The molecule has 0 spiro atoms. The van der Waals surface area contributed by atoms with Crippen LogP contribution >= 0.6 is 27.5 Å². The molecule has 0 radical (unpaired) electrons. The molecule has 0 atom stereocenters. The Morgan fingerprint density at radius 3 is 2.83 bits per heavy atom. The van der Waals surface area contributed by atoms with Crippen LogP contribution in [0.4, 0.5) is 0 Å². The lowest BCUT2D eigenvalue weighted by Crippen LogP contribution is -2.09. The molecule has 18 heavy (non-hydrogen) atoms. The molecule has 1 aromatic heterocycles. The quantitative estimate of drug-likeness (QED) is 0.747. The number of hydrogen-bond donors (Lipinski definition) is 0. The van der Waals surface area contributed by atoms with Gasteiger partial charge in [-0.1, -0.05) is 28.8 Å². The van der Waals surface area contributed by atoms with E-state index < -0.39 is 0 Å². The van der Waals surface area contributed by atoms with Gasteiger partial charge in [-0.25, -0.2) is 4.98 Å². The number of nitrogens with zero attached hydrogens (tertiary/aromatic N) is 2. The lowest BCUT2D eigenvalue weighted by atomic mass is 10.2. The Labute approximate surface area is 120 Å². The summed E-state index contributed by atoms with van der Waals surface area (Å²) in [6.07, 6.45) is 6.06. The summed E-state index contributed by atoms with van der Waals surface area (Å²) in [6, 6.07) is 6.93. The van der Waals surface area contributed by atoms with Crippen LogP contribution < -0.4 is 0 Å². The highest BCUT2D eigenvalue weighted by Gasteiger charge is 2.22. The average molecular weight is 328 g/mol. The zero-order valence-corrected chi connectivity index (χ0v) is 12.5. The number of hydrogen-bond acceptors (Lipinski definition) is 1. The van der Waals surface area contributed by atoms with Crippen LogP contribution in [-0.4, -0.2) is 15.4 Å². The molecule has 2 nitrogen and oxygen atoms in total. The number of aryl methyl sites for hydroxylation is 1. The van der Waals surface area contributed by atoms with Crippen LogP contribution in [0.2, 0.25) is 0 Å². The van der Waals surface area contributed by atoms with E-state index in [1.807, 2.05) is 0 Å². The predicted octanol–water partition coefficient (Wildman–Crippen LogP) is 4.70. The van der Waals surface area contributed by atoms with Crippen molar-refractivity contribution in [3.63, 3.8) is 0 Å². The largest absolute Gasteiger partial charge is 0.325 e. The van der Waals surface area contributed by atoms with Crippen LogP contribution in [0.3, 0.4) is 0 Å².